The van der Waals surface area contributed by atoms with Crippen molar-refractivity contribution in [3.05, 3.63) is 14.9 Å². The van der Waals surface area contributed by atoms with Crippen LogP contribution in [0, 0.1) is 62.2 Å². The van der Waals surface area contributed by atoms with Gasteiger partial charge in [-0.25, -0.2) is 0 Å². The van der Waals surface area contributed by atoms with Crippen LogP contribution in [0.5, 0.6) is 0 Å². The summed E-state index contributed by atoms with van der Waals surface area (Å²) in [6, 6.07) is 0. The summed E-state index contributed by atoms with van der Waals surface area (Å²) in [5.41, 5.74) is 2.35. The quantitative estimate of drug-likeness (QED) is 0.216. The Morgan fingerprint density at radius 1 is 0.735 bits per heavy atom. The van der Waals surface area contributed by atoms with Gasteiger partial charge in [0.15, 0.2) is 0 Å². The molecule has 0 saturated heterocycles. The van der Waals surface area contributed by atoms with E-state index >= 15 is 0 Å². The monoisotopic (exact) mass is 604 g/mol. The SMILES string of the molecule is CCCC(C)C1CC([Si](C)(C)C2CCC3CC4CCCC4CC32)C2CCCCC12.[CH3-].[CH3-].[Cl][Zr+2][Cl]. The second-order valence-corrected chi connectivity index (χ2v) is 22.2. The molecule has 0 bridgehead atoms. The molecule has 0 aromatic rings. The molecule has 0 aromatic carbocycles. The van der Waals surface area contributed by atoms with E-state index in [-0.39, 0.29) is 14.9 Å². The molecule has 5 aliphatic carbocycles. The standard InChI is InChI=1S/C28H50Si.2CH3.2ClH.Zr/c1-5-9-19(2)25-18-28(24-13-7-6-12-23(24)25)29(3,4)27-15-14-22-16-20-10-8-11-21(20)17-26(22)27;;;;;/h19-28H,5-18H2,1-4H3;2*1H3;2*1H;/q;2*-1;;;+4/p-2. The molecule has 0 aliphatic heterocycles. The number of rotatable bonds is 5. The van der Waals surface area contributed by atoms with Crippen LogP contribution in [0.1, 0.15) is 104 Å². The van der Waals surface area contributed by atoms with E-state index in [4.69, 9.17) is 17.0 Å². The van der Waals surface area contributed by atoms with Crippen molar-refractivity contribution >= 4 is 25.1 Å². The molecular formula is C30H56Cl2SiZr. The van der Waals surface area contributed by atoms with Crippen LogP contribution < -0.4 is 0 Å². The van der Waals surface area contributed by atoms with Gasteiger partial charge in [0.25, 0.3) is 0 Å². The Balaban J connectivity index is 0.000000778. The number of halogens is 2. The van der Waals surface area contributed by atoms with Crippen LogP contribution in [-0.2, 0) is 20.8 Å². The van der Waals surface area contributed by atoms with Gasteiger partial charge in [-0.15, -0.1) is 0 Å². The fourth-order valence-corrected chi connectivity index (χ4v) is 15.9. The zero-order valence-corrected chi connectivity index (χ0v) is 28.4. The first-order valence-electron chi connectivity index (χ1n) is 14.4. The van der Waals surface area contributed by atoms with Gasteiger partial charge in [-0.05, 0) is 84.1 Å². The van der Waals surface area contributed by atoms with Gasteiger partial charge in [0, 0.05) is 0 Å². The van der Waals surface area contributed by atoms with Crippen molar-refractivity contribution in [2.75, 3.05) is 0 Å². The molecule has 0 amide bonds. The summed E-state index contributed by atoms with van der Waals surface area (Å²) in [5.74, 6) is 8.92. The average molecular weight is 607 g/mol. The number of fused-ring (bicyclic) bond motifs is 3. The summed E-state index contributed by atoms with van der Waals surface area (Å²) in [7, 11) is 8.66. The van der Waals surface area contributed by atoms with Gasteiger partial charge in [-0.2, -0.15) is 0 Å². The van der Waals surface area contributed by atoms with Crippen molar-refractivity contribution in [1.29, 1.82) is 0 Å². The Kier molecular flexibility index (Phi) is 13.3. The first-order valence-corrected chi connectivity index (χ1v) is 23.9. The van der Waals surface area contributed by atoms with Gasteiger partial charge in [0.1, 0.15) is 0 Å². The Labute approximate surface area is 234 Å². The molecule has 0 heterocycles. The topological polar surface area (TPSA) is 0 Å². The summed E-state index contributed by atoms with van der Waals surface area (Å²) >= 11 is -0.826. The molecule has 0 N–H and O–H groups in total. The molecule has 0 spiro atoms. The zero-order chi connectivity index (χ0) is 22.9. The van der Waals surface area contributed by atoms with Crippen molar-refractivity contribution in [2.24, 2.45) is 47.3 Å². The zero-order valence-electron chi connectivity index (χ0n) is 23.4. The molecule has 10 unspecified atom stereocenters. The maximum atomic E-state index is 4.93. The van der Waals surface area contributed by atoms with Crippen LogP contribution >= 0.6 is 17.0 Å². The van der Waals surface area contributed by atoms with Crippen molar-refractivity contribution in [3.8, 4) is 0 Å². The van der Waals surface area contributed by atoms with E-state index in [0.29, 0.717) is 0 Å². The van der Waals surface area contributed by atoms with Crippen LogP contribution in [0.2, 0.25) is 24.2 Å². The summed E-state index contributed by atoms with van der Waals surface area (Å²) in [4.78, 5) is 0. The minimum atomic E-state index is -1.21. The molecule has 10 atom stereocenters. The first kappa shape index (κ1) is 31.9. The summed E-state index contributed by atoms with van der Waals surface area (Å²) in [5, 5.41) is 0. The third-order valence-electron chi connectivity index (χ3n) is 11.8. The number of hydrogen-bond acceptors (Lipinski definition) is 0. The van der Waals surface area contributed by atoms with Gasteiger partial charge >= 0.3 is 37.9 Å². The third-order valence-corrected chi connectivity index (χ3v) is 17.0. The fourth-order valence-electron chi connectivity index (χ4n) is 10.5. The molecular weight excluding hydrogens is 551 g/mol. The van der Waals surface area contributed by atoms with E-state index < -0.39 is 28.9 Å². The molecule has 5 fully saturated rings. The Bertz CT molecular complexity index is 598. The van der Waals surface area contributed by atoms with E-state index in [1.807, 2.05) is 0 Å². The Morgan fingerprint density at radius 2 is 1.35 bits per heavy atom. The van der Waals surface area contributed by atoms with Crippen LogP contribution in [0.25, 0.3) is 0 Å². The predicted molar refractivity (Wildman–Crippen MR) is 153 cm³/mol. The van der Waals surface area contributed by atoms with E-state index in [0.717, 1.165) is 47.3 Å². The summed E-state index contributed by atoms with van der Waals surface area (Å²) < 4.78 is 0. The van der Waals surface area contributed by atoms with Gasteiger partial charge in [-0.3, -0.25) is 0 Å². The van der Waals surface area contributed by atoms with Crippen molar-refractivity contribution in [2.45, 2.75) is 128 Å². The molecule has 4 heteroatoms. The third kappa shape index (κ3) is 6.45. The fraction of sp³-hybridized carbons (Fsp3) is 0.933. The van der Waals surface area contributed by atoms with Crippen LogP contribution in [-0.4, -0.2) is 8.07 Å². The van der Waals surface area contributed by atoms with Crippen molar-refractivity contribution in [3.63, 3.8) is 0 Å². The average Bonchev–Trinajstić information content (AvgIpc) is 3.49. The van der Waals surface area contributed by atoms with Gasteiger partial charge < -0.3 is 14.9 Å². The van der Waals surface area contributed by atoms with Crippen LogP contribution in [0.3, 0.4) is 0 Å². The van der Waals surface area contributed by atoms with Crippen LogP contribution in [0.4, 0.5) is 0 Å². The molecule has 0 aromatic heterocycles. The van der Waals surface area contributed by atoms with E-state index in [1.165, 1.54) is 23.9 Å². The molecule has 5 aliphatic rings. The normalized spacial score (nSPS) is 41.4. The molecule has 0 nitrogen and oxygen atoms in total. The van der Waals surface area contributed by atoms with Crippen molar-refractivity contribution in [1.82, 2.24) is 0 Å². The van der Waals surface area contributed by atoms with Gasteiger partial charge in [-0.1, -0.05) is 91.1 Å². The maximum absolute atomic E-state index is 4.93. The summed E-state index contributed by atoms with van der Waals surface area (Å²) in [6.45, 7) is 10.9. The van der Waals surface area contributed by atoms with E-state index in [9.17, 15) is 0 Å². The van der Waals surface area contributed by atoms with Crippen LogP contribution in [0.15, 0.2) is 0 Å². The number of hydrogen-bond donors (Lipinski definition) is 0. The predicted octanol–water partition coefficient (Wildman–Crippen LogP) is 11.2. The van der Waals surface area contributed by atoms with Crippen molar-refractivity contribution < 1.29 is 20.8 Å². The first-order chi connectivity index (χ1) is 15.4. The van der Waals surface area contributed by atoms with E-state index in [1.54, 1.807) is 77.0 Å². The second kappa shape index (κ2) is 14.2. The van der Waals surface area contributed by atoms with Gasteiger partial charge in [0.2, 0.25) is 0 Å². The molecule has 34 heavy (non-hydrogen) atoms. The molecule has 0 radical (unpaired) electrons. The summed E-state index contributed by atoms with van der Waals surface area (Å²) in [6.07, 6.45) is 22.1. The second-order valence-electron chi connectivity index (χ2n) is 13.3. The molecule has 5 saturated carbocycles. The van der Waals surface area contributed by atoms with Gasteiger partial charge in [0.05, 0.1) is 8.07 Å². The molecule has 198 valence electrons. The Morgan fingerprint density at radius 3 is 2.00 bits per heavy atom. The minimum absolute atomic E-state index is 0. The molecule has 5 rings (SSSR count). The Hall–Kier alpha value is 1.68. The van der Waals surface area contributed by atoms with E-state index in [2.05, 4.69) is 26.9 Å².